The van der Waals surface area contributed by atoms with Crippen molar-refractivity contribution < 1.29 is 14.8 Å². The Morgan fingerprint density at radius 1 is 1.24 bits per heavy atom. The van der Waals surface area contributed by atoms with Crippen molar-refractivity contribution in [1.29, 1.82) is 0 Å². The number of hydrogen-bond donors (Lipinski definition) is 1. The van der Waals surface area contributed by atoms with Crippen LogP contribution in [0.4, 0.5) is 5.69 Å². The molecule has 1 N–H and O–H groups in total. The van der Waals surface area contributed by atoms with Gasteiger partial charge < -0.3 is 9.84 Å². The molecular weight excluding hydrogens is 362 g/mol. The molecule has 0 spiro atoms. The van der Waals surface area contributed by atoms with Crippen molar-refractivity contribution in [1.82, 2.24) is 0 Å². The minimum atomic E-state index is -0.505. The van der Waals surface area contributed by atoms with E-state index in [-0.39, 0.29) is 23.9 Å². The molecule has 0 radical (unpaired) electrons. The maximum Gasteiger partial charge on any atom is 0.270 e. The molecule has 0 atom stereocenters. The Bertz CT molecular complexity index is 678. The van der Waals surface area contributed by atoms with E-state index in [1.54, 1.807) is 24.3 Å². The summed E-state index contributed by atoms with van der Waals surface area (Å²) in [6, 6.07) is 9.50. The highest BCUT2D eigenvalue weighted by atomic mass is 79.9. The third kappa shape index (κ3) is 3.93. The van der Waals surface area contributed by atoms with Crippen LogP contribution in [0, 0.1) is 10.1 Å². The van der Waals surface area contributed by atoms with E-state index in [9.17, 15) is 15.2 Å². The first kappa shape index (κ1) is 15.8. The average molecular weight is 373 g/mol. The lowest BCUT2D eigenvalue weighted by atomic mass is 10.2. The molecule has 0 aromatic heterocycles. The lowest BCUT2D eigenvalue weighted by Crippen LogP contribution is -2.00. The summed E-state index contributed by atoms with van der Waals surface area (Å²) in [6.07, 6.45) is 0. The fourth-order valence-electron chi connectivity index (χ4n) is 1.73. The van der Waals surface area contributed by atoms with Gasteiger partial charge in [-0.3, -0.25) is 10.1 Å². The molecule has 0 saturated heterocycles. The van der Waals surface area contributed by atoms with Crippen molar-refractivity contribution in [3.8, 4) is 5.75 Å². The van der Waals surface area contributed by atoms with Crippen LogP contribution in [0.15, 0.2) is 40.9 Å². The number of ether oxygens (including phenoxy) is 1. The molecule has 5 nitrogen and oxygen atoms in total. The summed E-state index contributed by atoms with van der Waals surface area (Å²) >= 11 is 9.31. The zero-order valence-electron chi connectivity index (χ0n) is 10.8. The van der Waals surface area contributed by atoms with E-state index >= 15 is 0 Å². The Labute approximate surface area is 134 Å². The van der Waals surface area contributed by atoms with Crippen LogP contribution in [0.25, 0.3) is 0 Å². The molecule has 2 aromatic carbocycles. The van der Waals surface area contributed by atoms with E-state index < -0.39 is 4.92 Å². The first-order valence-corrected chi connectivity index (χ1v) is 7.13. The molecule has 21 heavy (non-hydrogen) atoms. The van der Waals surface area contributed by atoms with Gasteiger partial charge in [-0.25, -0.2) is 0 Å². The number of aliphatic hydroxyl groups excluding tert-OH is 1. The van der Waals surface area contributed by atoms with E-state index in [4.69, 9.17) is 16.3 Å². The Hall–Kier alpha value is -1.63. The van der Waals surface area contributed by atoms with Gasteiger partial charge in [0.25, 0.3) is 5.69 Å². The van der Waals surface area contributed by atoms with Crippen LogP contribution in [0.1, 0.15) is 11.1 Å². The number of non-ortho nitro benzene ring substituents is 1. The summed E-state index contributed by atoms with van der Waals surface area (Å²) in [4.78, 5) is 10.1. The zero-order valence-corrected chi connectivity index (χ0v) is 13.1. The standard InChI is InChI=1S/C14H11BrClNO4/c15-11-2-4-14(10(5-11)7-18)21-8-9-1-3-12(17(19)20)6-13(9)16/h1-6,18H,7-8H2. The van der Waals surface area contributed by atoms with E-state index in [1.165, 1.54) is 12.1 Å². The van der Waals surface area contributed by atoms with Gasteiger partial charge in [-0.15, -0.1) is 0 Å². The molecule has 0 unspecified atom stereocenters. The van der Waals surface area contributed by atoms with Gasteiger partial charge in [0.15, 0.2) is 0 Å². The summed E-state index contributed by atoms with van der Waals surface area (Å²) in [7, 11) is 0. The minimum Gasteiger partial charge on any atom is -0.488 e. The summed E-state index contributed by atoms with van der Waals surface area (Å²) in [5.41, 5.74) is 1.21. The second-order valence-corrected chi connectivity index (χ2v) is 5.55. The second-order valence-electron chi connectivity index (χ2n) is 4.23. The quantitative estimate of drug-likeness (QED) is 0.634. The highest BCUT2D eigenvalue weighted by molar-refractivity contribution is 9.10. The lowest BCUT2D eigenvalue weighted by molar-refractivity contribution is -0.384. The van der Waals surface area contributed by atoms with Gasteiger partial charge in [0, 0.05) is 27.7 Å². The number of halogens is 2. The Morgan fingerprint density at radius 3 is 2.62 bits per heavy atom. The third-order valence-electron chi connectivity index (χ3n) is 2.82. The fraction of sp³-hybridized carbons (Fsp3) is 0.143. The number of rotatable bonds is 5. The maximum atomic E-state index is 10.6. The van der Waals surface area contributed by atoms with Gasteiger partial charge in [-0.05, 0) is 24.3 Å². The Balaban J connectivity index is 2.15. The molecule has 7 heteroatoms. The topological polar surface area (TPSA) is 72.6 Å². The number of hydrogen-bond acceptors (Lipinski definition) is 4. The molecule has 110 valence electrons. The van der Waals surface area contributed by atoms with Crippen molar-refractivity contribution in [2.45, 2.75) is 13.2 Å². The second kappa shape index (κ2) is 6.89. The molecule has 0 fully saturated rings. The SMILES string of the molecule is O=[N+]([O-])c1ccc(COc2ccc(Br)cc2CO)c(Cl)c1. The van der Waals surface area contributed by atoms with Crippen LogP contribution < -0.4 is 4.74 Å². The van der Waals surface area contributed by atoms with Crippen LogP contribution in [-0.4, -0.2) is 10.0 Å². The van der Waals surface area contributed by atoms with Crippen molar-refractivity contribution in [3.63, 3.8) is 0 Å². The highest BCUT2D eigenvalue weighted by Gasteiger charge is 2.11. The number of nitro groups is 1. The zero-order chi connectivity index (χ0) is 15.4. The molecule has 2 aromatic rings. The maximum absolute atomic E-state index is 10.6. The van der Waals surface area contributed by atoms with Gasteiger partial charge in [0.05, 0.1) is 16.6 Å². The van der Waals surface area contributed by atoms with Crippen molar-refractivity contribution in [2.75, 3.05) is 0 Å². The largest absolute Gasteiger partial charge is 0.488 e. The lowest BCUT2D eigenvalue weighted by Gasteiger charge is -2.11. The van der Waals surface area contributed by atoms with Gasteiger partial charge in [0.1, 0.15) is 12.4 Å². The first-order chi connectivity index (χ1) is 10.0. The summed E-state index contributed by atoms with van der Waals surface area (Å²) in [6.45, 7) is 0.00816. The van der Waals surface area contributed by atoms with Crippen molar-refractivity contribution in [2.24, 2.45) is 0 Å². The van der Waals surface area contributed by atoms with Gasteiger partial charge in [-0.1, -0.05) is 27.5 Å². The number of nitro benzene ring substituents is 1. The van der Waals surface area contributed by atoms with Gasteiger partial charge >= 0.3 is 0 Å². The van der Waals surface area contributed by atoms with E-state index in [2.05, 4.69) is 15.9 Å². The number of benzene rings is 2. The summed E-state index contributed by atoms with van der Waals surface area (Å²) < 4.78 is 6.46. The van der Waals surface area contributed by atoms with Crippen molar-refractivity contribution in [3.05, 3.63) is 67.1 Å². The predicted molar refractivity (Wildman–Crippen MR) is 82.5 cm³/mol. The van der Waals surface area contributed by atoms with Crippen LogP contribution in [0.5, 0.6) is 5.75 Å². The van der Waals surface area contributed by atoms with E-state index in [0.29, 0.717) is 16.9 Å². The van der Waals surface area contributed by atoms with Crippen LogP contribution in [0.3, 0.4) is 0 Å². The van der Waals surface area contributed by atoms with Crippen LogP contribution >= 0.6 is 27.5 Å². The minimum absolute atomic E-state index is 0.0663. The van der Waals surface area contributed by atoms with E-state index in [0.717, 1.165) is 4.47 Å². The van der Waals surface area contributed by atoms with Crippen LogP contribution in [0.2, 0.25) is 5.02 Å². The van der Waals surface area contributed by atoms with Crippen LogP contribution in [-0.2, 0) is 13.2 Å². The number of aliphatic hydroxyl groups is 1. The molecule has 0 heterocycles. The predicted octanol–water partition coefficient (Wildman–Crippen LogP) is 4.08. The van der Waals surface area contributed by atoms with Gasteiger partial charge in [0.2, 0.25) is 0 Å². The van der Waals surface area contributed by atoms with Gasteiger partial charge in [-0.2, -0.15) is 0 Å². The molecule has 0 aliphatic carbocycles. The van der Waals surface area contributed by atoms with Crippen molar-refractivity contribution >= 4 is 33.2 Å². The third-order valence-corrected chi connectivity index (χ3v) is 3.67. The first-order valence-electron chi connectivity index (χ1n) is 5.96. The molecule has 0 saturated carbocycles. The Kier molecular flexibility index (Phi) is 5.17. The molecule has 2 rings (SSSR count). The molecule has 0 amide bonds. The Morgan fingerprint density at radius 2 is 2.00 bits per heavy atom. The smallest absolute Gasteiger partial charge is 0.270 e. The molecular formula is C14H11BrClNO4. The average Bonchev–Trinajstić information content (AvgIpc) is 2.46. The summed E-state index contributed by atoms with van der Waals surface area (Å²) in [5.74, 6) is 0.537. The molecule has 0 bridgehead atoms. The molecule has 0 aliphatic heterocycles. The summed E-state index contributed by atoms with van der Waals surface area (Å²) in [5, 5.41) is 20.2. The highest BCUT2D eigenvalue weighted by Crippen LogP contribution is 2.27. The number of nitrogens with zero attached hydrogens (tertiary/aromatic N) is 1. The normalized spacial score (nSPS) is 10.4. The van der Waals surface area contributed by atoms with E-state index in [1.807, 2.05) is 0 Å². The fourth-order valence-corrected chi connectivity index (χ4v) is 2.37. The molecule has 0 aliphatic rings. The monoisotopic (exact) mass is 371 g/mol.